The lowest BCUT2D eigenvalue weighted by Gasteiger charge is -2.09. The maximum absolute atomic E-state index is 12.0. The van der Waals surface area contributed by atoms with E-state index in [1.54, 1.807) is 19.1 Å². The number of amides is 1. The van der Waals surface area contributed by atoms with E-state index in [2.05, 4.69) is 5.32 Å². The summed E-state index contributed by atoms with van der Waals surface area (Å²) in [6.07, 6.45) is 0. The van der Waals surface area contributed by atoms with Crippen molar-refractivity contribution in [2.75, 3.05) is 6.61 Å². The molecule has 2 N–H and O–H groups in total. The minimum absolute atomic E-state index is 0.138. The van der Waals surface area contributed by atoms with Crippen LogP contribution in [-0.2, 0) is 0 Å². The van der Waals surface area contributed by atoms with Crippen LogP contribution >= 0.6 is 46.1 Å². The number of halogens is 3. The molecule has 0 saturated heterocycles. The molecule has 0 aliphatic rings. The first kappa shape index (κ1) is 14.9. The van der Waals surface area contributed by atoms with Gasteiger partial charge in [0.25, 0.3) is 5.91 Å². The van der Waals surface area contributed by atoms with Crippen molar-refractivity contribution in [2.24, 2.45) is 0 Å². The van der Waals surface area contributed by atoms with Gasteiger partial charge in [-0.05, 0) is 19.1 Å². The fraction of sp³-hybridized carbons (Fsp3) is 0.250. The van der Waals surface area contributed by atoms with E-state index in [4.69, 9.17) is 39.9 Å². The molecule has 2 aromatic rings. The van der Waals surface area contributed by atoms with Gasteiger partial charge >= 0.3 is 0 Å². The van der Waals surface area contributed by atoms with Crippen LogP contribution in [0.15, 0.2) is 12.1 Å². The number of hydrogen-bond donors (Lipinski definition) is 2. The Morgan fingerprint density at radius 3 is 2.74 bits per heavy atom. The summed E-state index contributed by atoms with van der Waals surface area (Å²) in [6, 6.07) is 2.96. The first-order valence-corrected chi connectivity index (χ1v) is 7.37. The van der Waals surface area contributed by atoms with Gasteiger partial charge in [-0.1, -0.05) is 34.8 Å². The molecular formula is C12H10Cl3NO2S. The minimum Gasteiger partial charge on any atom is -0.394 e. The molecule has 7 heteroatoms. The van der Waals surface area contributed by atoms with Crippen LogP contribution in [0.2, 0.25) is 15.1 Å². The maximum atomic E-state index is 12.0. The van der Waals surface area contributed by atoms with Crippen LogP contribution in [0, 0.1) is 0 Å². The van der Waals surface area contributed by atoms with Crippen LogP contribution in [0.3, 0.4) is 0 Å². The Kier molecular flexibility index (Phi) is 4.58. The van der Waals surface area contributed by atoms with Gasteiger partial charge in [-0.25, -0.2) is 0 Å². The summed E-state index contributed by atoms with van der Waals surface area (Å²) in [4.78, 5) is 12.4. The van der Waals surface area contributed by atoms with Crippen molar-refractivity contribution in [1.82, 2.24) is 5.32 Å². The number of hydrogen-bond acceptors (Lipinski definition) is 3. The normalized spacial score (nSPS) is 12.7. The van der Waals surface area contributed by atoms with Crippen molar-refractivity contribution in [1.29, 1.82) is 0 Å². The van der Waals surface area contributed by atoms with Crippen molar-refractivity contribution < 1.29 is 9.90 Å². The minimum atomic E-state index is -0.340. The fourth-order valence-corrected chi connectivity index (χ4v) is 3.87. The zero-order valence-corrected chi connectivity index (χ0v) is 12.9. The molecule has 0 spiro atoms. The van der Waals surface area contributed by atoms with Crippen molar-refractivity contribution in [3.8, 4) is 0 Å². The number of benzene rings is 1. The summed E-state index contributed by atoms with van der Waals surface area (Å²) >= 11 is 19.4. The number of carbonyl (C=O) groups excluding carboxylic acids is 1. The van der Waals surface area contributed by atoms with Crippen LogP contribution in [0.1, 0.15) is 16.6 Å². The van der Waals surface area contributed by atoms with Gasteiger partial charge in [0, 0.05) is 21.2 Å². The highest BCUT2D eigenvalue weighted by molar-refractivity contribution is 7.21. The molecule has 102 valence electrons. The molecule has 3 nitrogen and oxygen atoms in total. The van der Waals surface area contributed by atoms with Crippen LogP contribution in [0.5, 0.6) is 0 Å². The Morgan fingerprint density at radius 2 is 2.11 bits per heavy atom. The molecule has 1 atom stereocenters. The summed E-state index contributed by atoms with van der Waals surface area (Å²) in [6.45, 7) is 1.56. The lowest BCUT2D eigenvalue weighted by atomic mass is 10.2. The number of fused-ring (bicyclic) bond motifs is 1. The van der Waals surface area contributed by atoms with Crippen molar-refractivity contribution in [3.05, 3.63) is 32.1 Å². The van der Waals surface area contributed by atoms with Crippen molar-refractivity contribution in [2.45, 2.75) is 13.0 Å². The zero-order valence-electron chi connectivity index (χ0n) is 9.84. The number of rotatable bonds is 3. The highest BCUT2D eigenvalue weighted by Crippen LogP contribution is 2.41. The Labute approximate surface area is 129 Å². The van der Waals surface area contributed by atoms with Crippen molar-refractivity contribution >= 4 is 62.1 Å². The van der Waals surface area contributed by atoms with Gasteiger partial charge in [-0.3, -0.25) is 4.79 Å². The van der Waals surface area contributed by atoms with Gasteiger partial charge in [0.05, 0.1) is 16.7 Å². The molecule has 1 aromatic carbocycles. The quantitative estimate of drug-likeness (QED) is 0.889. The molecule has 1 aromatic heterocycles. The average molecular weight is 339 g/mol. The molecule has 19 heavy (non-hydrogen) atoms. The monoisotopic (exact) mass is 337 g/mol. The summed E-state index contributed by atoms with van der Waals surface area (Å²) in [5, 5.41) is 13.4. The predicted molar refractivity (Wildman–Crippen MR) is 80.9 cm³/mol. The molecule has 2 rings (SSSR count). The van der Waals surface area contributed by atoms with Crippen LogP contribution in [0.4, 0.5) is 0 Å². The summed E-state index contributed by atoms with van der Waals surface area (Å²) < 4.78 is 0.754. The molecule has 0 bridgehead atoms. The van der Waals surface area contributed by atoms with E-state index in [1.165, 1.54) is 11.3 Å². The molecule has 0 aliphatic heterocycles. The topological polar surface area (TPSA) is 49.3 Å². The first-order chi connectivity index (χ1) is 8.93. The van der Waals surface area contributed by atoms with Gasteiger partial charge in [-0.2, -0.15) is 0 Å². The molecule has 1 amide bonds. The fourth-order valence-electron chi connectivity index (χ4n) is 1.59. The first-order valence-electron chi connectivity index (χ1n) is 5.42. The van der Waals surface area contributed by atoms with E-state index < -0.39 is 0 Å². The van der Waals surface area contributed by atoms with Gasteiger partial charge < -0.3 is 10.4 Å². The van der Waals surface area contributed by atoms with E-state index in [1.807, 2.05) is 0 Å². The average Bonchev–Trinajstić information content (AvgIpc) is 2.66. The summed E-state index contributed by atoms with van der Waals surface area (Å²) in [5.74, 6) is -0.333. The molecule has 1 unspecified atom stereocenters. The second kappa shape index (κ2) is 5.85. The highest BCUT2D eigenvalue weighted by atomic mass is 35.5. The predicted octanol–water partition coefficient (Wildman–Crippen LogP) is 3.97. The van der Waals surface area contributed by atoms with Crippen LogP contribution < -0.4 is 5.32 Å². The van der Waals surface area contributed by atoms with E-state index in [0.717, 1.165) is 4.70 Å². The number of carbonyl (C=O) groups is 1. The molecular weight excluding hydrogens is 329 g/mol. The van der Waals surface area contributed by atoms with Gasteiger partial charge in [0.2, 0.25) is 0 Å². The third-order valence-corrected chi connectivity index (χ3v) is 4.65. The van der Waals surface area contributed by atoms with Crippen molar-refractivity contribution in [3.63, 3.8) is 0 Å². The number of aliphatic hydroxyl groups is 1. The zero-order chi connectivity index (χ0) is 14.2. The number of thiophene rings is 1. The maximum Gasteiger partial charge on any atom is 0.263 e. The standard InChI is InChI=1S/C12H10Cl3NO2S/c1-5(4-17)16-12(18)11-10(15)9-7(14)2-6(13)3-8(9)19-11/h2-3,5,17H,4H2,1H3,(H,16,18). The largest absolute Gasteiger partial charge is 0.394 e. The molecule has 0 fully saturated rings. The molecule has 1 heterocycles. The Balaban J connectivity index is 2.48. The Hall–Kier alpha value is -0.520. The van der Waals surface area contributed by atoms with Crippen LogP contribution in [0.25, 0.3) is 10.1 Å². The second-order valence-corrected chi connectivity index (χ2v) is 6.34. The van der Waals surface area contributed by atoms with E-state index >= 15 is 0 Å². The molecule has 0 saturated carbocycles. The Morgan fingerprint density at radius 1 is 1.42 bits per heavy atom. The second-order valence-electron chi connectivity index (χ2n) is 4.06. The van der Waals surface area contributed by atoms with E-state index in [9.17, 15) is 4.79 Å². The Bertz CT molecular complexity index is 641. The van der Waals surface area contributed by atoms with Gasteiger partial charge in [0.1, 0.15) is 4.88 Å². The lowest BCUT2D eigenvalue weighted by Crippen LogP contribution is -2.34. The SMILES string of the molecule is CC(CO)NC(=O)c1sc2cc(Cl)cc(Cl)c2c1Cl. The third kappa shape index (κ3) is 2.98. The number of aliphatic hydroxyl groups excluding tert-OH is 1. The highest BCUT2D eigenvalue weighted by Gasteiger charge is 2.20. The molecule has 0 radical (unpaired) electrons. The van der Waals surface area contributed by atoms with E-state index in [-0.39, 0.29) is 18.6 Å². The third-order valence-electron chi connectivity index (χ3n) is 2.51. The van der Waals surface area contributed by atoms with Crippen LogP contribution in [-0.4, -0.2) is 23.7 Å². The molecule has 0 aliphatic carbocycles. The summed E-state index contributed by atoms with van der Waals surface area (Å²) in [7, 11) is 0. The lowest BCUT2D eigenvalue weighted by molar-refractivity contribution is 0.0926. The van der Waals surface area contributed by atoms with E-state index in [0.29, 0.717) is 25.3 Å². The summed E-state index contributed by atoms with van der Waals surface area (Å²) in [5.41, 5.74) is 0. The van der Waals surface area contributed by atoms with Gasteiger partial charge in [-0.15, -0.1) is 11.3 Å². The number of nitrogens with one attached hydrogen (secondary N) is 1. The smallest absolute Gasteiger partial charge is 0.263 e. The van der Waals surface area contributed by atoms with Gasteiger partial charge in [0.15, 0.2) is 0 Å².